The molecular weight excluding hydrogens is 331 g/mol. The number of aromatic nitrogens is 2. The summed E-state index contributed by atoms with van der Waals surface area (Å²) in [7, 11) is 0. The van der Waals surface area contributed by atoms with Crippen LogP contribution < -0.4 is 0 Å². The number of carbonyl (C=O) groups is 1. The lowest BCUT2D eigenvalue weighted by molar-refractivity contribution is 0.0778. The van der Waals surface area contributed by atoms with Crippen molar-refractivity contribution in [2.45, 2.75) is 13.0 Å². The van der Waals surface area contributed by atoms with Gasteiger partial charge in [-0.2, -0.15) is 10.2 Å². The standard InChI is InChI=1S/C20H17FN4O/c21-18-8-4-7-16(11-18)20(26)25-10-9-19(23-25)17-12-22-24(14-17)13-15-5-2-1-3-6-15/h1-8,11-12,14H,9-10,13H2. The van der Waals surface area contributed by atoms with E-state index in [-0.39, 0.29) is 5.91 Å². The van der Waals surface area contributed by atoms with E-state index in [1.807, 2.05) is 41.2 Å². The molecule has 0 aliphatic carbocycles. The zero-order valence-electron chi connectivity index (χ0n) is 14.0. The molecule has 0 saturated heterocycles. The molecule has 1 aliphatic rings. The molecule has 0 spiro atoms. The van der Waals surface area contributed by atoms with Gasteiger partial charge in [0.15, 0.2) is 0 Å². The van der Waals surface area contributed by atoms with Crippen molar-refractivity contribution in [2.24, 2.45) is 5.10 Å². The van der Waals surface area contributed by atoms with Gasteiger partial charge in [-0.1, -0.05) is 36.4 Å². The van der Waals surface area contributed by atoms with Gasteiger partial charge >= 0.3 is 0 Å². The highest BCUT2D eigenvalue weighted by Crippen LogP contribution is 2.17. The molecule has 3 aromatic rings. The SMILES string of the molecule is O=C(c1cccc(F)c1)N1CCC(c2cnn(Cc3ccccc3)c2)=N1. The van der Waals surface area contributed by atoms with Crippen molar-refractivity contribution in [2.75, 3.05) is 6.54 Å². The summed E-state index contributed by atoms with van der Waals surface area (Å²) in [5.41, 5.74) is 3.18. The Morgan fingerprint density at radius 3 is 2.77 bits per heavy atom. The van der Waals surface area contributed by atoms with Gasteiger partial charge in [-0.25, -0.2) is 9.40 Å². The van der Waals surface area contributed by atoms with E-state index in [4.69, 9.17) is 0 Å². The van der Waals surface area contributed by atoms with Crippen LogP contribution in [0.2, 0.25) is 0 Å². The summed E-state index contributed by atoms with van der Waals surface area (Å²) < 4.78 is 15.2. The molecule has 0 bridgehead atoms. The van der Waals surface area contributed by atoms with Gasteiger partial charge in [-0.15, -0.1) is 0 Å². The molecule has 1 aliphatic heterocycles. The van der Waals surface area contributed by atoms with Gasteiger partial charge in [-0.05, 0) is 23.8 Å². The summed E-state index contributed by atoms with van der Waals surface area (Å²) in [5.74, 6) is -0.724. The molecule has 6 heteroatoms. The number of carbonyl (C=O) groups excluding carboxylic acids is 1. The molecule has 4 rings (SSSR count). The Labute approximate surface area is 150 Å². The van der Waals surface area contributed by atoms with Crippen LogP contribution in [0, 0.1) is 5.82 Å². The van der Waals surface area contributed by atoms with Crippen LogP contribution in [0.3, 0.4) is 0 Å². The Hall–Kier alpha value is -3.28. The molecule has 1 amide bonds. The fourth-order valence-electron chi connectivity index (χ4n) is 2.95. The van der Waals surface area contributed by atoms with E-state index in [1.165, 1.54) is 28.8 Å². The zero-order chi connectivity index (χ0) is 17.9. The monoisotopic (exact) mass is 348 g/mol. The van der Waals surface area contributed by atoms with Crippen LogP contribution in [0.5, 0.6) is 0 Å². The average Bonchev–Trinajstić information content (AvgIpc) is 3.31. The quantitative estimate of drug-likeness (QED) is 0.726. The van der Waals surface area contributed by atoms with Crippen molar-refractivity contribution < 1.29 is 9.18 Å². The largest absolute Gasteiger partial charge is 0.274 e. The second-order valence-corrected chi connectivity index (χ2v) is 6.15. The summed E-state index contributed by atoms with van der Waals surface area (Å²) in [4.78, 5) is 12.5. The Bertz CT molecular complexity index is 965. The summed E-state index contributed by atoms with van der Waals surface area (Å²) in [5, 5.41) is 10.2. The second kappa shape index (κ2) is 6.92. The molecule has 0 atom stereocenters. The Kier molecular flexibility index (Phi) is 4.31. The van der Waals surface area contributed by atoms with Crippen molar-refractivity contribution in [3.05, 3.63) is 89.5 Å². The predicted molar refractivity (Wildman–Crippen MR) is 96.4 cm³/mol. The average molecular weight is 348 g/mol. The number of rotatable bonds is 4. The smallest absolute Gasteiger partial charge is 0.268 e. The fourth-order valence-corrected chi connectivity index (χ4v) is 2.95. The summed E-state index contributed by atoms with van der Waals surface area (Å²) in [6.45, 7) is 1.16. The molecule has 0 fully saturated rings. The first-order valence-corrected chi connectivity index (χ1v) is 8.41. The van der Waals surface area contributed by atoms with Crippen LogP contribution in [-0.2, 0) is 6.54 Å². The first kappa shape index (κ1) is 16.2. The molecule has 26 heavy (non-hydrogen) atoms. The highest BCUT2D eigenvalue weighted by atomic mass is 19.1. The van der Waals surface area contributed by atoms with Crippen molar-refractivity contribution in [3.8, 4) is 0 Å². The lowest BCUT2D eigenvalue weighted by Crippen LogP contribution is -2.23. The molecule has 2 aromatic carbocycles. The van der Waals surface area contributed by atoms with Crippen LogP contribution in [0.25, 0.3) is 0 Å². The van der Waals surface area contributed by atoms with Crippen LogP contribution >= 0.6 is 0 Å². The lowest BCUT2D eigenvalue weighted by Gasteiger charge is -2.11. The highest BCUT2D eigenvalue weighted by molar-refractivity contribution is 6.04. The third-order valence-electron chi connectivity index (χ3n) is 4.26. The van der Waals surface area contributed by atoms with Gasteiger partial charge in [0, 0.05) is 23.7 Å². The predicted octanol–water partition coefficient (Wildman–Crippen LogP) is 3.32. The van der Waals surface area contributed by atoms with Gasteiger partial charge in [-0.3, -0.25) is 9.48 Å². The first-order valence-electron chi connectivity index (χ1n) is 8.41. The van der Waals surface area contributed by atoms with Gasteiger partial charge < -0.3 is 0 Å². The number of hydrazone groups is 1. The minimum atomic E-state index is -0.429. The number of amides is 1. The van der Waals surface area contributed by atoms with Gasteiger partial charge in [0.2, 0.25) is 0 Å². The first-order chi connectivity index (χ1) is 12.7. The minimum absolute atomic E-state index is 0.295. The maximum Gasteiger partial charge on any atom is 0.274 e. The van der Waals surface area contributed by atoms with Crippen molar-refractivity contribution in [1.82, 2.24) is 14.8 Å². The molecule has 2 heterocycles. The molecule has 0 saturated carbocycles. The Morgan fingerprint density at radius 1 is 1.12 bits per heavy atom. The Balaban J connectivity index is 1.49. The van der Waals surface area contributed by atoms with Gasteiger partial charge in [0.05, 0.1) is 25.0 Å². The number of hydrogen-bond donors (Lipinski definition) is 0. The van der Waals surface area contributed by atoms with E-state index in [1.54, 1.807) is 12.3 Å². The van der Waals surface area contributed by atoms with E-state index in [0.29, 0.717) is 25.1 Å². The van der Waals surface area contributed by atoms with Crippen LogP contribution in [-0.4, -0.2) is 33.0 Å². The fraction of sp³-hybridized carbons (Fsp3) is 0.150. The van der Waals surface area contributed by atoms with Crippen LogP contribution in [0.1, 0.15) is 27.9 Å². The number of halogens is 1. The van der Waals surface area contributed by atoms with Gasteiger partial charge in [0.1, 0.15) is 5.82 Å². The van der Waals surface area contributed by atoms with E-state index >= 15 is 0 Å². The van der Waals surface area contributed by atoms with Crippen molar-refractivity contribution in [1.29, 1.82) is 0 Å². The molecule has 1 aromatic heterocycles. The Morgan fingerprint density at radius 2 is 1.96 bits per heavy atom. The summed E-state index contributed by atoms with van der Waals surface area (Å²) >= 11 is 0. The van der Waals surface area contributed by atoms with Crippen molar-refractivity contribution >= 4 is 11.6 Å². The molecular formula is C20H17FN4O. The summed E-state index contributed by atoms with van der Waals surface area (Å²) in [6.07, 6.45) is 4.35. The maximum absolute atomic E-state index is 13.3. The normalized spacial score (nSPS) is 13.7. The third kappa shape index (κ3) is 3.39. The maximum atomic E-state index is 13.3. The molecule has 5 nitrogen and oxygen atoms in total. The number of benzene rings is 2. The van der Waals surface area contributed by atoms with Crippen molar-refractivity contribution in [3.63, 3.8) is 0 Å². The van der Waals surface area contributed by atoms with Crippen LogP contribution in [0.15, 0.2) is 72.1 Å². The number of hydrogen-bond acceptors (Lipinski definition) is 3. The van der Waals surface area contributed by atoms with Gasteiger partial charge in [0.25, 0.3) is 5.91 Å². The molecule has 0 unspecified atom stereocenters. The molecule has 0 radical (unpaired) electrons. The zero-order valence-corrected chi connectivity index (χ0v) is 14.0. The molecule has 130 valence electrons. The topological polar surface area (TPSA) is 50.5 Å². The number of nitrogens with zero attached hydrogens (tertiary/aromatic N) is 4. The molecule has 0 N–H and O–H groups in total. The third-order valence-corrected chi connectivity index (χ3v) is 4.26. The van der Waals surface area contributed by atoms with E-state index in [9.17, 15) is 9.18 Å². The van der Waals surface area contributed by atoms with E-state index < -0.39 is 5.82 Å². The van der Waals surface area contributed by atoms with Crippen LogP contribution in [0.4, 0.5) is 4.39 Å². The van der Waals surface area contributed by atoms with E-state index in [0.717, 1.165) is 11.3 Å². The second-order valence-electron chi connectivity index (χ2n) is 6.15. The summed E-state index contributed by atoms with van der Waals surface area (Å²) in [6, 6.07) is 15.7. The highest BCUT2D eigenvalue weighted by Gasteiger charge is 2.23. The van der Waals surface area contributed by atoms with E-state index in [2.05, 4.69) is 10.2 Å². The lowest BCUT2D eigenvalue weighted by atomic mass is 10.1. The minimum Gasteiger partial charge on any atom is -0.268 e.